The fourth-order valence-corrected chi connectivity index (χ4v) is 2.52. The average molecular weight is 350 g/mol. The van der Waals surface area contributed by atoms with Crippen LogP contribution in [-0.4, -0.2) is 5.91 Å². The number of carbonyl (C=O) groups is 1. The van der Waals surface area contributed by atoms with Crippen molar-refractivity contribution in [1.29, 1.82) is 0 Å². The molecular formula is C21H22N2OS. The first-order valence-electron chi connectivity index (χ1n) is 7.88. The molecule has 0 bridgehead atoms. The molecule has 0 radical (unpaired) electrons. The highest BCUT2D eigenvalue weighted by atomic mass is 32.1. The highest BCUT2D eigenvalue weighted by molar-refractivity contribution is 7.80. The molecule has 0 spiro atoms. The summed E-state index contributed by atoms with van der Waals surface area (Å²) in [5.41, 5.74) is 8.78. The number of allylic oxidation sites excluding steroid dienone is 1. The smallest absolute Gasteiger partial charge is 0.255 e. The second-order valence-electron chi connectivity index (χ2n) is 5.80. The molecule has 4 heteroatoms. The SMILES string of the molecule is C=C(C)NC(=O)c1ccc2ccccc2c1.Cc1cccc(S)c1N. The molecule has 0 unspecified atom stereocenters. The molecule has 0 aliphatic rings. The number of anilines is 1. The summed E-state index contributed by atoms with van der Waals surface area (Å²) >= 11 is 4.14. The quantitative estimate of drug-likeness (QED) is 0.451. The number of hydrogen-bond donors (Lipinski definition) is 3. The third-order valence-electron chi connectivity index (χ3n) is 3.64. The van der Waals surface area contributed by atoms with E-state index >= 15 is 0 Å². The number of nitrogen functional groups attached to an aromatic ring is 1. The molecule has 0 fully saturated rings. The van der Waals surface area contributed by atoms with E-state index in [1.165, 1.54) is 0 Å². The summed E-state index contributed by atoms with van der Waals surface area (Å²) < 4.78 is 0. The van der Waals surface area contributed by atoms with Crippen LogP contribution in [0.15, 0.2) is 77.8 Å². The van der Waals surface area contributed by atoms with Crippen LogP contribution >= 0.6 is 12.6 Å². The van der Waals surface area contributed by atoms with E-state index in [2.05, 4.69) is 24.5 Å². The van der Waals surface area contributed by atoms with Crippen molar-refractivity contribution >= 4 is 35.0 Å². The Morgan fingerprint density at radius 1 is 1.04 bits per heavy atom. The lowest BCUT2D eigenvalue weighted by Gasteiger charge is -2.05. The lowest BCUT2D eigenvalue weighted by Crippen LogP contribution is -2.20. The molecule has 0 saturated heterocycles. The Hall–Kier alpha value is -2.72. The highest BCUT2D eigenvalue weighted by Gasteiger charge is 2.05. The zero-order chi connectivity index (χ0) is 18.4. The van der Waals surface area contributed by atoms with Gasteiger partial charge in [0.2, 0.25) is 0 Å². The molecule has 3 aromatic rings. The van der Waals surface area contributed by atoms with E-state index in [0.717, 1.165) is 26.9 Å². The van der Waals surface area contributed by atoms with E-state index in [4.69, 9.17) is 5.73 Å². The summed E-state index contributed by atoms with van der Waals surface area (Å²) in [6.07, 6.45) is 0. The summed E-state index contributed by atoms with van der Waals surface area (Å²) in [4.78, 5) is 12.6. The number of thiol groups is 1. The first-order chi connectivity index (χ1) is 11.9. The van der Waals surface area contributed by atoms with Crippen LogP contribution in [0.2, 0.25) is 0 Å². The van der Waals surface area contributed by atoms with Gasteiger partial charge in [-0.25, -0.2) is 0 Å². The van der Waals surface area contributed by atoms with E-state index in [-0.39, 0.29) is 5.91 Å². The van der Waals surface area contributed by atoms with Gasteiger partial charge in [-0.1, -0.05) is 49.0 Å². The molecule has 3 rings (SSSR count). The summed E-state index contributed by atoms with van der Waals surface area (Å²) in [7, 11) is 0. The van der Waals surface area contributed by atoms with Gasteiger partial charge >= 0.3 is 0 Å². The third kappa shape index (κ3) is 5.13. The van der Waals surface area contributed by atoms with Crippen molar-refractivity contribution in [1.82, 2.24) is 5.32 Å². The molecular weight excluding hydrogens is 328 g/mol. The number of aryl methyl sites for hydroxylation is 1. The maximum atomic E-state index is 11.7. The van der Waals surface area contributed by atoms with E-state index in [1.807, 2.05) is 67.6 Å². The van der Waals surface area contributed by atoms with Gasteiger partial charge in [0.1, 0.15) is 0 Å². The first-order valence-corrected chi connectivity index (χ1v) is 8.33. The fraction of sp³-hybridized carbons (Fsp3) is 0.0952. The minimum Gasteiger partial charge on any atom is -0.398 e. The number of nitrogens with one attached hydrogen (secondary N) is 1. The Morgan fingerprint density at radius 3 is 2.32 bits per heavy atom. The summed E-state index contributed by atoms with van der Waals surface area (Å²) in [5, 5.41) is 4.89. The lowest BCUT2D eigenvalue weighted by atomic mass is 10.1. The molecule has 0 atom stereocenters. The molecule has 0 saturated carbocycles. The zero-order valence-corrected chi connectivity index (χ0v) is 15.3. The second kappa shape index (κ2) is 8.40. The number of amides is 1. The van der Waals surface area contributed by atoms with Crippen molar-refractivity contribution in [2.75, 3.05) is 5.73 Å². The molecule has 3 nitrogen and oxygen atoms in total. The Morgan fingerprint density at radius 2 is 1.72 bits per heavy atom. The van der Waals surface area contributed by atoms with Crippen LogP contribution in [0.1, 0.15) is 22.8 Å². The molecule has 0 aliphatic carbocycles. The van der Waals surface area contributed by atoms with Gasteiger partial charge in [0.15, 0.2) is 0 Å². The number of fused-ring (bicyclic) bond motifs is 1. The van der Waals surface area contributed by atoms with E-state index in [1.54, 1.807) is 6.92 Å². The third-order valence-corrected chi connectivity index (χ3v) is 4.03. The van der Waals surface area contributed by atoms with Gasteiger partial charge in [-0.3, -0.25) is 4.79 Å². The normalized spacial score (nSPS) is 9.88. The Balaban J connectivity index is 0.000000212. The van der Waals surface area contributed by atoms with Gasteiger partial charge in [-0.05, 0) is 48.4 Å². The number of para-hydroxylation sites is 1. The van der Waals surface area contributed by atoms with Crippen molar-refractivity contribution in [2.24, 2.45) is 0 Å². The van der Waals surface area contributed by atoms with Crippen molar-refractivity contribution in [3.63, 3.8) is 0 Å². The van der Waals surface area contributed by atoms with Gasteiger partial charge in [0.25, 0.3) is 5.91 Å². The fourth-order valence-electron chi connectivity index (χ4n) is 2.26. The lowest BCUT2D eigenvalue weighted by molar-refractivity contribution is 0.0966. The van der Waals surface area contributed by atoms with Gasteiger partial charge < -0.3 is 11.1 Å². The molecule has 1 amide bonds. The molecule has 0 aromatic heterocycles. The van der Waals surface area contributed by atoms with Crippen LogP contribution in [0.3, 0.4) is 0 Å². The number of nitrogens with two attached hydrogens (primary N) is 1. The first kappa shape index (κ1) is 18.6. The van der Waals surface area contributed by atoms with Crippen molar-refractivity contribution < 1.29 is 4.79 Å². The Bertz CT molecular complexity index is 898. The highest BCUT2D eigenvalue weighted by Crippen LogP contribution is 2.19. The van der Waals surface area contributed by atoms with E-state index in [0.29, 0.717) is 11.3 Å². The van der Waals surface area contributed by atoms with Gasteiger partial charge in [0.05, 0.1) is 0 Å². The monoisotopic (exact) mass is 350 g/mol. The molecule has 0 aliphatic heterocycles. The predicted molar refractivity (Wildman–Crippen MR) is 109 cm³/mol. The number of benzene rings is 3. The van der Waals surface area contributed by atoms with E-state index < -0.39 is 0 Å². The van der Waals surface area contributed by atoms with Crippen LogP contribution in [0.25, 0.3) is 10.8 Å². The van der Waals surface area contributed by atoms with Gasteiger partial charge in [0, 0.05) is 21.8 Å². The molecule has 3 aromatic carbocycles. The van der Waals surface area contributed by atoms with Crippen molar-refractivity contribution in [3.8, 4) is 0 Å². The van der Waals surface area contributed by atoms with Crippen LogP contribution in [0, 0.1) is 6.92 Å². The van der Waals surface area contributed by atoms with Crippen LogP contribution in [0.4, 0.5) is 5.69 Å². The summed E-state index contributed by atoms with van der Waals surface area (Å²) in [6, 6.07) is 19.4. The van der Waals surface area contributed by atoms with Crippen molar-refractivity contribution in [2.45, 2.75) is 18.7 Å². The molecule has 3 N–H and O–H groups in total. The molecule has 0 heterocycles. The standard InChI is InChI=1S/C14H13NO.C7H9NS/c1-10(2)15-14(16)13-8-7-11-5-3-4-6-12(11)9-13;1-5-3-2-4-6(9)7(5)8/h3-9H,1H2,2H3,(H,15,16);2-4,9H,8H2,1H3. The maximum absolute atomic E-state index is 11.7. The topological polar surface area (TPSA) is 55.1 Å². The minimum atomic E-state index is -0.113. The van der Waals surface area contributed by atoms with Gasteiger partial charge in [-0.2, -0.15) is 0 Å². The van der Waals surface area contributed by atoms with Gasteiger partial charge in [-0.15, -0.1) is 12.6 Å². The van der Waals surface area contributed by atoms with Crippen LogP contribution < -0.4 is 11.1 Å². The number of carbonyl (C=O) groups excluding carboxylic acids is 1. The maximum Gasteiger partial charge on any atom is 0.255 e. The number of hydrogen-bond acceptors (Lipinski definition) is 3. The van der Waals surface area contributed by atoms with Crippen LogP contribution in [-0.2, 0) is 0 Å². The molecule has 25 heavy (non-hydrogen) atoms. The minimum absolute atomic E-state index is 0.113. The summed E-state index contributed by atoms with van der Waals surface area (Å²) in [5.74, 6) is -0.113. The average Bonchev–Trinajstić information content (AvgIpc) is 2.59. The Labute approximate surface area is 154 Å². The Kier molecular flexibility index (Phi) is 6.25. The zero-order valence-electron chi connectivity index (χ0n) is 14.4. The molecule has 128 valence electrons. The largest absolute Gasteiger partial charge is 0.398 e. The van der Waals surface area contributed by atoms with Crippen LogP contribution in [0.5, 0.6) is 0 Å². The van der Waals surface area contributed by atoms with Crippen molar-refractivity contribution in [3.05, 3.63) is 84.1 Å². The summed E-state index contributed by atoms with van der Waals surface area (Å²) in [6.45, 7) is 7.38. The van der Waals surface area contributed by atoms with E-state index in [9.17, 15) is 4.79 Å². The number of rotatable bonds is 2. The second-order valence-corrected chi connectivity index (χ2v) is 6.29. The predicted octanol–water partition coefficient (Wildman–Crippen LogP) is 4.97.